The third kappa shape index (κ3) is 2.06. The van der Waals surface area contributed by atoms with Gasteiger partial charge in [-0.05, 0) is 11.4 Å². The van der Waals surface area contributed by atoms with Gasteiger partial charge in [0.25, 0.3) is 0 Å². The maximum atomic E-state index is 8.65. The van der Waals surface area contributed by atoms with Gasteiger partial charge in [0, 0.05) is 12.4 Å². The van der Waals surface area contributed by atoms with Crippen LogP contribution in [-0.4, -0.2) is 15.6 Å². The molecule has 2 N–H and O–H groups in total. The molecule has 0 aliphatic heterocycles. The normalized spacial score (nSPS) is 12.3. The van der Waals surface area contributed by atoms with Gasteiger partial charge >= 0.3 is 0 Å². The summed E-state index contributed by atoms with van der Waals surface area (Å²) >= 11 is 1.62. The molecule has 2 aromatic rings. The largest absolute Gasteiger partial charge is 0.328 e. The number of rotatable bonds is 3. The van der Waals surface area contributed by atoms with Gasteiger partial charge < -0.3 is 10.3 Å². The summed E-state index contributed by atoms with van der Waals surface area (Å²) in [4.78, 5) is 5.34. The fourth-order valence-corrected chi connectivity index (χ4v) is 2.08. The molecular formula is C10H10N4S. The first-order valence-corrected chi connectivity index (χ1v) is 5.39. The van der Waals surface area contributed by atoms with E-state index in [4.69, 9.17) is 11.0 Å². The highest BCUT2D eigenvalue weighted by molar-refractivity contribution is 7.13. The predicted octanol–water partition coefficient (Wildman–Crippen LogP) is 1.46. The first-order valence-electron chi connectivity index (χ1n) is 4.51. The zero-order valence-corrected chi connectivity index (χ0v) is 8.81. The standard InChI is InChI=1S/C10H10N4S/c11-6-8(12)7-14-4-3-13-10(14)9-2-1-5-15-9/h1-5,8H,7,12H2. The van der Waals surface area contributed by atoms with Crippen LogP contribution < -0.4 is 5.73 Å². The molecule has 2 heterocycles. The van der Waals surface area contributed by atoms with E-state index in [0.717, 1.165) is 10.7 Å². The molecule has 0 radical (unpaired) electrons. The van der Waals surface area contributed by atoms with Crippen LogP contribution in [-0.2, 0) is 6.54 Å². The molecule has 0 fully saturated rings. The molecule has 0 aromatic carbocycles. The zero-order valence-electron chi connectivity index (χ0n) is 8.00. The Hall–Kier alpha value is -1.64. The zero-order chi connectivity index (χ0) is 10.7. The Morgan fingerprint density at radius 2 is 2.53 bits per heavy atom. The minimum absolute atomic E-state index is 0.476. The highest BCUT2D eigenvalue weighted by atomic mass is 32.1. The Bertz CT molecular complexity index is 466. The number of thiophene rings is 1. The molecule has 0 aliphatic carbocycles. The van der Waals surface area contributed by atoms with E-state index in [1.807, 2.05) is 34.3 Å². The first kappa shape index (κ1) is 9.90. The smallest absolute Gasteiger partial charge is 0.150 e. The summed E-state index contributed by atoms with van der Waals surface area (Å²) in [7, 11) is 0. The van der Waals surface area contributed by atoms with E-state index in [9.17, 15) is 0 Å². The van der Waals surface area contributed by atoms with Gasteiger partial charge in [0.1, 0.15) is 11.9 Å². The SMILES string of the molecule is N#CC(N)Cn1ccnc1-c1cccs1. The van der Waals surface area contributed by atoms with Crippen LogP contribution in [0.1, 0.15) is 0 Å². The maximum Gasteiger partial charge on any atom is 0.150 e. The quantitative estimate of drug-likeness (QED) is 0.848. The van der Waals surface area contributed by atoms with Crippen molar-refractivity contribution in [3.63, 3.8) is 0 Å². The first-order chi connectivity index (χ1) is 7.31. The van der Waals surface area contributed by atoms with Crippen molar-refractivity contribution in [2.24, 2.45) is 5.73 Å². The third-order valence-electron chi connectivity index (χ3n) is 2.02. The van der Waals surface area contributed by atoms with Crippen LogP contribution >= 0.6 is 11.3 Å². The molecule has 1 unspecified atom stereocenters. The Morgan fingerprint density at radius 1 is 1.67 bits per heavy atom. The van der Waals surface area contributed by atoms with Crippen molar-refractivity contribution in [3.05, 3.63) is 29.9 Å². The van der Waals surface area contributed by atoms with Crippen LogP contribution in [0.15, 0.2) is 29.9 Å². The van der Waals surface area contributed by atoms with Crippen molar-refractivity contribution in [2.45, 2.75) is 12.6 Å². The lowest BCUT2D eigenvalue weighted by Gasteiger charge is -2.07. The van der Waals surface area contributed by atoms with Crippen molar-refractivity contribution < 1.29 is 0 Å². The number of nitrogens with zero attached hydrogens (tertiary/aromatic N) is 3. The summed E-state index contributed by atoms with van der Waals surface area (Å²) in [5.74, 6) is 0.871. The average Bonchev–Trinajstić information content (AvgIpc) is 2.86. The predicted molar refractivity (Wildman–Crippen MR) is 59.1 cm³/mol. The molecule has 76 valence electrons. The molecule has 0 aliphatic rings. The summed E-state index contributed by atoms with van der Waals surface area (Å²) in [5, 5.41) is 10.6. The van der Waals surface area contributed by atoms with E-state index in [1.165, 1.54) is 0 Å². The lowest BCUT2D eigenvalue weighted by molar-refractivity contribution is 0.643. The molecule has 15 heavy (non-hydrogen) atoms. The minimum atomic E-state index is -0.488. The van der Waals surface area contributed by atoms with Gasteiger partial charge in [-0.25, -0.2) is 4.98 Å². The Morgan fingerprint density at radius 3 is 3.20 bits per heavy atom. The summed E-state index contributed by atoms with van der Waals surface area (Å²) in [6, 6.07) is 5.50. The molecule has 0 spiro atoms. The fourth-order valence-electron chi connectivity index (χ4n) is 1.34. The van der Waals surface area contributed by atoms with Crippen molar-refractivity contribution in [2.75, 3.05) is 0 Å². The van der Waals surface area contributed by atoms with E-state index in [0.29, 0.717) is 6.54 Å². The number of hydrogen-bond donors (Lipinski definition) is 1. The third-order valence-corrected chi connectivity index (χ3v) is 2.88. The van der Waals surface area contributed by atoms with E-state index < -0.39 is 6.04 Å². The van der Waals surface area contributed by atoms with E-state index in [2.05, 4.69) is 4.98 Å². The molecule has 5 heteroatoms. The molecule has 0 amide bonds. The molecule has 4 nitrogen and oxygen atoms in total. The van der Waals surface area contributed by atoms with Crippen LogP contribution in [0.2, 0.25) is 0 Å². The number of aromatic nitrogens is 2. The summed E-state index contributed by atoms with van der Waals surface area (Å²) in [6.07, 6.45) is 3.56. The van der Waals surface area contributed by atoms with Crippen LogP contribution in [0.5, 0.6) is 0 Å². The molecular weight excluding hydrogens is 208 g/mol. The maximum absolute atomic E-state index is 8.65. The molecule has 2 rings (SSSR count). The lowest BCUT2D eigenvalue weighted by Crippen LogP contribution is -2.24. The Labute approximate surface area is 91.6 Å². The highest BCUT2D eigenvalue weighted by Crippen LogP contribution is 2.22. The highest BCUT2D eigenvalue weighted by Gasteiger charge is 2.09. The Kier molecular flexibility index (Phi) is 2.81. The van der Waals surface area contributed by atoms with Crippen LogP contribution in [0.3, 0.4) is 0 Å². The van der Waals surface area contributed by atoms with Gasteiger partial charge in [-0.3, -0.25) is 0 Å². The number of nitrogens with two attached hydrogens (primary N) is 1. The molecule has 0 bridgehead atoms. The number of imidazole rings is 1. The number of nitriles is 1. The molecule has 2 aromatic heterocycles. The molecule has 0 saturated heterocycles. The van der Waals surface area contributed by atoms with Gasteiger partial charge in [-0.15, -0.1) is 11.3 Å². The Balaban J connectivity index is 2.27. The fraction of sp³-hybridized carbons (Fsp3) is 0.200. The van der Waals surface area contributed by atoms with Crippen molar-refractivity contribution in [1.82, 2.24) is 9.55 Å². The second-order valence-electron chi connectivity index (χ2n) is 3.12. The van der Waals surface area contributed by atoms with Crippen LogP contribution in [0.25, 0.3) is 10.7 Å². The van der Waals surface area contributed by atoms with Gasteiger partial charge in [0.2, 0.25) is 0 Å². The monoisotopic (exact) mass is 218 g/mol. The number of hydrogen-bond acceptors (Lipinski definition) is 4. The van der Waals surface area contributed by atoms with E-state index in [-0.39, 0.29) is 0 Å². The summed E-state index contributed by atoms with van der Waals surface area (Å²) in [5.41, 5.74) is 5.58. The van der Waals surface area contributed by atoms with Gasteiger partial charge in [-0.2, -0.15) is 5.26 Å². The summed E-state index contributed by atoms with van der Waals surface area (Å²) < 4.78 is 1.90. The topological polar surface area (TPSA) is 67.6 Å². The van der Waals surface area contributed by atoms with Crippen LogP contribution in [0, 0.1) is 11.3 Å². The average molecular weight is 218 g/mol. The molecule has 0 saturated carbocycles. The van der Waals surface area contributed by atoms with E-state index >= 15 is 0 Å². The second kappa shape index (κ2) is 4.26. The van der Waals surface area contributed by atoms with Gasteiger partial charge in [0.05, 0.1) is 17.5 Å². The van der Waals surface area contributed by atoms with Crippen molar-refractivity contribution >= 4 is 11.3 Å². The van der Waals surface area contributed by atoms with Gasteiger partial charge in [0.15, 0.2) is 0 Å². The van der Waals surface area contributed by atoms with Crippen molar-refractivity contribution in [1.29, 1.82) is 5.26 Å². The minimum Gasteiger partial charge on any atom is -0.328 e. The van der Waals surface area contributed by atoms with Gasteiger partial charge in [-0.1, -0.05) is 6.07 Å². The van der Waals surface area contributed by atoms with Crippen molar-refractivity contribution in [3.8, 4) is 16.8 Å². The van der Waals surface area contributed by atoms with E-state index in [1.54, 1.807) is 17.5 Å². The second-order valence-corrected chi connectivity index (χ2v) is 4.06. The van der Waals surface area contributed by atoms with Crippen LogP contribution in [0.4, 0.5) is 0 Å². The summed E-state index contributed by atoms with van der Waals surface area (Å²) in [6.45, 7) is 0.476. The molecule has 1 atom stereocenters. The lowest BCUT2D eigenvalue weighted by atomic mass is 10.3.